The molecule has 0 radical (unpaired) electrons. The second-order valence-corrected chi connectivity index (χ2v) is 7.80. The Morgan fingerprint density at radius 3 is 2.59 bits per heavy atom. The fourth-order valence-corrected chi connectivity index (χ4v) is 4.30. The van der Waals surface area contributed by atoms with Crippen molar-refractivity contribution in [2.24, 2.45) is 0 Å². The number of ketones is 1. The van der Waals surface area contributed by atoms with Gasteiger partial charge in [-0.25, -0.2) is 0 Å². The molecule has 1 N–H and O–H groups in total. The Kier molecular flexibility index (Phi) is 6.46. The summed E-state index contributed by atoms with van der Waals surface area (Å²) in [6.07, 6.45) is 1.60. The van der Waals surface area contributed by atoms with Gasteiger partial charge in [-0.3, -0.25) is 9.59 Å². The fourth-order valence-electron chi connectivity index (χ4n) is 4.30. The van der Waals surface area contributed by atoms with E-state index in [9.17, 15) is 14.7 Å². The average Bonchev–Trinajstić information content (AvgIpc) is 3.42. The lowest BCUT2D eigenvalue weighted by Gasteiger charge is -2.28. The number of amides is 1. The van der Waals surface area contributed by atoms with Crippen molar-refractivity contribution >= 4 is 17.4 Å². The predicted octanol–water partition coefficient (Wildman–Crippen LogP) is 3.69. The van der Waals surface area contributed by atoms with Gasteiger partial charge >= 0.3 is 0 Å². The molecule has 2 fully saturated rings. The van der Waals surface area contributed by atoms with Crippen LogP contribution < -0.4 is 9.47 Å². The first-order chi connectivity index (χ1) is 15.5. The molecule has 0 aliphatic carbocycles. The van der Waals surface area contributed by atoms with Crippen molar-refractivity contribution in [1.82, 2.24) is 4.90 Å². The van der Waals surface area contributed by atoms with Gasteiger partial charge in [-0.15, -0.1) is 0 Å². The summed E-state index contributed by atoms with van der Waals surface area (Å²) in [4.78, 5) is 27.7. The van der Waals surface area contributed by atoms with Crippen LogP contribution in [0.5, 0.6) is 11.5 Å². The second kappa shape index (κ2) is 9.44. The minimum absolute atomic E-state index is 0.0606. The second-order valence-electron chi connectivity index (χ2n) is 7.80. The quantitative estimate of drug-likeness (QED) is 0.404. The van der Waals surface area contributed by atoms with Gasteiger partial charge in [0.05, 0.1) is 31.4 Å². The molecule has 32 heavy (non-hydrogen) atoms. The third-order valence-corrected chi connectivity index (χ3v) is 5.81. The molecule has 1 amide bonds. The number of carbonyl (C=O) groups is 2. The summed E-state index contributed by atoms with van der Waals surface area (Å²) in [6.45, 7) is 3.27. The number of carbonyl (C=O) groups excluding carboxylic acids is 2. The first-order valence-corrected chi connectivity index (χ1v) is 10.8. The van der Waals surface area contributed by atoms with E-state index >= 15 is 0 Å². The van der Waals surface area contributed by atoms with E-state index in [1.165, 1.54) is 12.0 Å². The molecule has 7 heteroatoms. The Morgan fingerprint density at radius 1 is 1.16 bits per heavy atom. The SMILES string of the molecule is CCOc1ccc(C2/C(=C(\O)c3ccccc3)C(=O)C(=O)N2CC2CCCO2)cc1OC. The summed E-state index contributed by atoms with van der Waals surface area (Å²) >= 11 is 0. The van der Waals surface area contributed by atoms with Gasteiger partial charge in [0.1, 0.15) is 5.76 Å². The maximum Gasteiger partial charge on any atom is 0.295 e. The molecule has 2 heterocycles. The largest absolute Gasteiger partial charge is 0.507 e. The number of rotatable bonds is 7. The number of hydrogen-bond acceptors (Lipinski definition) is 6. The topological polar surface area (TPSA) is 85.3 Å². The summed E-state index contributed by atoms with van der Waals surface area (Å²) in [5.74, 6) is -0.487. The van der Waals surface area contributed by atoms with Gasteiger partial charge in [-0.05, 0) is 37.5 Å². The number of Topliss-reactive ketones (excluding diaryl/α,β-unsaturated/α-hetero) is 1. The van der Waals surface area contributed by atoms with E-state index in [0.717, 1.165) is 12.8 Å². The Bertz CT molecular complexity index is 1030. The van der Waals surface area contributed by atoms with Crippen LogP contribution in [0, 0.1) is 0 Å². The molecular weight excluding hydrogens is 410 g/mol. The number of aliphatic hydroxyl groups is 1. The van der Waals surface area contributed by atoms with Crippen LogP contribution in [-0.4, -0.2) is 54.7 Å². The van der Waals surface area contributed by atoms with Crippen LogP contribution in [0.4, 0.5) is 0 Å². The maximum absolute atomic E-state index is 13.1. The van der Waals surface area contributed by atoms with E-state index in [4.69, 9.17) is 14.2 Å². The Hall–Kier alpha value is -3.32. The van der Waals surface area contributed by atoms with E-state index < -0.39 is 17.7 Å². The monoisotopic (exact) mass is 437 g/mol. The van der Waals surface area contributed by atoms with Crippen LogP contribution in [0.3, 0.4) is 0 Å². The summed E-state index contributed by atoms with van der Waals surface area (Å²) in [5, 5.41) is 11.1. The third kappa shape index (κ3) is 4.08. The molecule has 4 rings (SSSR count). The van der Waals surface area contributed by atoms with Crippen molar-refractivity contribution in [3.63, 3.8) is 0 Å². The molecule has 2 aromatic rings. The van der Waals surface area contributed by atoms with Crippen molar-refractivity contribution in [3.8, 4) is 11.5 Å². The minimum atomic E-state index is -0.760. The third-order valence-electron chi connectivity index (χ3n) is 5.81. The van der Waals surface area contributed by atoms with Crippen molar-refractivity contribution < 1.29 is 28.9 Å². The number of benzene rings is 2. The van der Waals surface area contributed by atoms with E-state index in [2.05, 4.69) is 0 Å². The van der Waals surface area contributed by atoms with E-state index in [-0.39, 0.29) is 24.0 Å². The zero-order chi connectivity index (χ0) is 22.7. The highest BCUT2D eigenvalue weighted by atomic mass is 16.5. The van der Waals surface area contributed by atoms with Gasteiger partial charge in [0.25, 0.3) is 11.7 Å². The molecule has 0 spiro atoms. The standard InChI is InChI=1S/C25H27NO6/c1-3-31-19-12-11-17(14-20(19)30-2)22-21(23(27)16-8-5-4-6-9-16)24(28)25(29)26(22)15-18-10-7-13-32-18/h4-6,8-9,11-12,14,18,22,27H,3,7,10,13,15H2,1-2H3/b23-21+. The lowest BCUT2D eigenvalue weighted by molar-refractivity contribution is -0.140. The van der Waals surface area contributed by atoms with E-state index in [1.54, 1.807) is 42.5 Å². The Labute approximate surface area is 187 Å². The molecule has 2 aliphatic rings. The molecule has 2 unspecified atom stereocenters. The highest BCUT2D eigenvalue weighted by molar-refractivity contribution is 6.46. The van der Waals surface area contributed by atoms with Gasteiger partial charge < -0.3 is 24.2 Å². The highest BCUT2D eigenvalue weighted by Crippen LogP contribution is 2.42. The molecule has 2 aromatic carbocycles. The van der Waals surface area contributed by atoms with Crippen LogP contribution in [0.25, 0.3) is 5.76 Å². The van der Waals surface area contributed by atoms with E-state index in [1.807, 2.05) is 13.0 Å². The lowest BCUT2D eigenvalue weighted by atomic mass is 9.95. The van der Waals surface area contributed by atoms with Crippen LogP contribution in [0.15, 0.2) is 54.1 Å². The zero-order valence-corrected chi connectivity index (χ0v) is 18.2. The van der Waals surface area contributed by atoms with Crippen molar-refractivity contribution in [1.29, 1.82) is 0 Å². The molecule has 0 bridgehead atoms. The van der Waals surface area contributed by atoms with Crippen LogP contribution in [0.2, 0.25) is 0 Å². The number of nitrogens with zero attached hydrogens (tertiary/aromatic N) is 1. The maximum atomic E-state index is 13.1. The summed E-state index contributed by atoms with van der Waals surface area (Å²) < 4.78 is 16.8. The molecule has 7 nitrogen and oxygen atoms in total. The molecular formula is C25H27NO6. The highest BCUT2D eigenvalue weighted by Gasteiger charge is 2.47. The van der Waals surface area contributed by atoms with Crippen molar-refractivity contribution in [2.75, 3.05) is 26.9 Å². The molecule has 2 atom stereocenters. The molecule has 0 aromatic heterocycles. The summed E-state index contributed by atoms with van der Waals surface area (Å²) in [6, 6.07) is 13.3. The van der Waals surface area contributed by atoms with Crippen LogP contribution >= 0.6 is 0 Å². The predicted molar refractivity (Wildman–Crippen MR) is 119 cm³/mol. The Balaban J connectivity index is 1.83. The molecule has 2 saturated heterocycles. The molecule has 0 saturated carbocycles. The summed E-state index contributed by atoms with van der Waals surface area (Å²) in [5.41, 5.74) is 1.19. The normalized spacial score (nSPS) is 22.4. The number of ether oxygens (including phenoxy) is 3. The van der Waals surface area contributed by atoms with Gasteiger partial charge in [-0.2, -0.15) is 0 Å². The zero-order valence-electron chi connectivity index (χ0n) is 18.2. The average molecular weight is 437 g/mol. The van der Waals surface area contributed by atoms with Gasteiger partial charge in [-0.1, -0.05) is 36.4 Å². The smallest absolute Gasteiger partial charge is 0.295 e. The number of methoxy groups -OCH3 is 1. The number of hydrogen-bond donors (Lipinski definition) is 1. The van der Waals surface area contributed by atoms with Gasteiger partial charge in [0.2, 0.25) is 0 Å². The number of likely N-dealkylation sites (tertiary alicyclic amines) is 1. The first kappa shape index (κ1) is 21.9. The van der Waals surface area contributed by atoms with Gasteiger partial charge in [0, 0.05) is 18.7 Å². The molecule has 168 valence electrons. The van der Waals surface area contributed by atoms with E-state index in [0.29, 0.717) is 35.8 Å². The lowest BCUT2D eigenvalue weighted by Crippen LogP contribution is -2.36. The van der Waals surface area contributed by atoms with Crippen LogP contribution in [0.1, 0.15) is 36.9 Å². The first-order valence-electron chi connectivity index (χ1n) is 10.8. The Morgan fingerprint density at radius 2 is 1.94 bits per heavy atom. The van der Waals surface area contributed by atoms with Gasteiger partial charge in [0.15, 0.2) is 11.5 Å². The minimum Gasteiger partial charge on any atom is -0.507 e. The van der Waals surface area contributed by atoms with Crippen molar-refractivity contribution in [3.05, 3.63) is 65.2 Å². The summed E-state index contributed by atoms with van der Waals surface area (Å²) in [7, 11) is 1.54. The van der Waals surface area contributed by atoms with Crippen molar-refractivity contribution in [2.45, 2.75) is 31.9 Å². The molecule has 2 aliphatic heterocycles. The fraction of sp³-hybridized carbons (Fsp3) is 0.360. The van der Waals surface area contributed by atoms with Crippen LogP contribution in [-0.2, 0) is 14.3 Å². The number of aliphatic hydroxyl groups excluding tert-OH is 1.